The molecule has 1 atom stereocenters. The van der Waals surface area contributed by atoms with Crippen molar-refractivity contribution in [3.63, 3.8) is 0 Å². The Morgan fingerprint density at radius 3 is 2.43 bits per heavy atom. The molecule has 1 amide bonds. The lowest BCUT2D eigenvalue weighted by Gasteiger charge is -2.28. The van der Waals surface area contributed by atoms with Crippen LogP contribution in [-0.2, 0) is 11.2 Å². The third-order valence-corrected chi connectivity index (χ3v) is 5.35. The summed E-state index contributed by atoms with van der Waals surface area (Å²) in [5.41, 5.74) is 2.33. The van der Waals surface area contributed by atoms with E-state index in [0.29, 0.717) is 13.0 Å². The molecule has 2 aromatic rings. The molecule has 1 heterocycles. The highest BCUT2D eigenvalue weighted by Crippen LogP contribution is 2.27. The molecule has 28 heavy (non-hydrogen) atoms. The van der Waals surface area contributed by atoms with Crippen LogP contribution in [0.15, 0.2) is 48.5 Å². The molecule has 0 bridgehead atoms. The second kappa shape index (κ2) is 10.1. The normalized spacial score (nSPS) is 15.2. The highest BCUT2D eigenvalue weighted by Gasteiger charge is 2.24. The zero-order valence-electron chi connectivity index (χ0n) is 16.8. The van der Waals surface area contributed by atoms with E-state index in [1.165, 1.54) is 18.4 Å². The number of hydrogen-bond donors (Lipinski definition) is 1. The maximum atomic E-state index is 12.4. The molecule has 2 aromatic carbocycles. The van der Waals surface area contributed by atoms with Crippen molar-refractivity contribution >= 4 is 5.91 Å². The lowest BCUT2D eigenvalue weighted by molar-refractivity contribution is -0.121. The van der Waals surface area contributed by atoms with Crippen LogP contribution < -0.4 is 14.8 Å². The number of carbonyl (C=O) groups is 1. The van der Waals surface area contributed by atoms with Crippen LogP contribution >= 0.6 is 0 Å². The topological polar surface area (TPSA) is 50.8 Å². The van der Waals surface area contributed by atoms with Gasteiger partial charge >= 0.3 is 0 Å². The molecule has 150 valence electrons. The minimum Gasteiger partial charge on any atom is -0.497 e. The van der Waals surface area contributed by atoms with Crippen molar-refractivity contribution in [1.29, 1.82) is 0 Å². The monoisotopic (exact) mass is 382 g/mol. The summed E-state index contributed by atoms with van der Waals surface area (Å²) in [5.74, 6) is 1.77. The third kappa shape index (κ3) is 5.49. The minimum absolute atomic E-state index is 0.0860. The van der Waals surface area contributed by atoms with Crippen molar-refractivity contribution in [1.82, 2.24) is 10.2 Å². The smallest absolute Gasteiger partial charge is 0.220 e. The van der Waals surface area contributed by atoms with Crippen LogP contribution in [0.2, 0.25) is 0 Å². The van der Waals surface area contributed by atoms with Crippen LogP contribution in [0.3, 0.4) is 0 Å². The number of methoxy groups -OCH3 is 2. The van der Waals surface area contributed by atoms with E-state index in [-0.39, 0.29) is 11.9 Å². The van der Waals surface area contributed by atoms with Crippen LogP contribution in [-0.4, -0.2) is 44.7 Å². The van der Waals surface area contributed by atoms with E-state index in [2.05, 4.69) is 22.3 Å². The Morgan fingerprint density at radius 2 is 1.75 bits per heavy atom. The fourth-order valence-electron chi connectivity index (χ4n) is 3.71. The highest BCUT2D eigenvalue weighted by atomic mass is 16.5. The molecule has 1 N–H and O–H groups in total. The Morgan fingerprint density at radius 1 is 1.04 bits per heavy atom. The molecule has 0 spiro atoms. The summed E-state index contributed by atoms with van der Waals surface area (Å²) in [6.07, 6.45) is 3.64. The Hall–Kier alpha value is -2.53. The second-order valence-corrected chi connectivity index (χ2v) is 7.19. The Bertz CT molecular complexity index is 755. The molecule has 1 unspecified atom stereocenters. The lowest BCUT2D eigenvalue weighted by Crippen LogP contribution is -2.36. The minimum atomic E-state index is 0.0860. The summed E-state index contributed by atoms with van der Waals surface area (Å²) in [6.45, 7) is 2.77. The number of nitrogens with zero attached hydrogens (tertiary/aromatic N) is 1. The SMILES string of the molecule is COc1ccc(CCC(=O)NCC(c2cccc(OC)c2)N2CCCC2)cc1. The molecule has 3 rings (SSSR count). The molecule has 0 aromatic heterocycles. The number of benzene rings is 2. The quantitative estimate of drug-likeness (QED) is 0.720. The first-order valence-electron chi connectivity index (χ1n) is 9.97. The summed E-state index contributed by atoms with van der Waals surface area (Å²) < 4.78 is 10.6. The first kappa shape index (κ1) is 20.2. The van der Waals surface area contributed by atoms with E-state index in [0.717, 1.165) is 36.6 Å². The Balaban J connectivity index is 1.56. The zero-order chi connectivity index (χ0) is 19.8. The van der Waals surface area contributed by atoms with Crippen LogP contribution in [0.5, 0.6) is 11.5 Å². The summed E-state index contributed by atoms with van der Waals surface area (Å²) in [7, 11) is 3.34. The Kier molecular flexibility index (Phi) is 7.31. The number of likely N-dealkylation sites (tertiary alicyclic amines) is 1. The van der Waals surface area contributed by atoms with Crippen molar-refractivity contribution in [2.75, 3.05) is 33.9 Å². The van der Waals surface area contributed by atoms with E-state index in [4.69, 9.17) is 9.47 Å². The van der Waals surface area contributed by atoms with Gasteiger partial charge in [0.15, 0.2) is 0 Å². The van der Waals surface area contributed by atoms with Crippen LogP contribution in [0.4, 0.5) is 0 Å². The summed E-state index contributed by atoms with van der Waals surface area (Å²) in [4.78, 5) is 14.9. The highest BCUT2D eigenvalue weighted by molar-refractivity contribution is 5.76. The third-order valence-electron chi connectivity index (χ3n) is 5.35. The van der Waals surface area contributed by atoms with Crippen molar-refractivity contribution in [2.45, 2.75) is 31.7 Å². The van der Waals surface area contributed by atoms with Gasteiger partial charge in [-0.25, -0.2) is 0 Å². The van der Waals surface area contributed by atoms with Gasteiger partial charge in [0.2, 0.25) is 5.91 Å². The average molecular weight is 383 g/mol. The molecule has 0 aliphatic carbocycles. The zero-order valence-corrected chi connectivity index (χ0v) is 16.8. The number of rotatable bonds is 9. The molecule has 5 nitrogen and oxygen atoms in total. The van der Waals surface area contributed by atoms with Gasteiger partial charge in [0.25, 0.3) is 0 Å². The standard InChI is InChI=1S/C23H30N2O3/c1-27-20-11-8-18(9-12-20)10-13-23(26)24-17-22(25-14-3-4-15-25)19-6-5-7-21(16-19)28-2/h5-9,11-12,16,22H,3-4,10,13-15,17H2,1-2H3,(H,24,26). The maximum absolute atomic E-state index is 12.4. The molecular formula is C23H30N2O3. The van der Waals surface area contributed by atoms with Crippen molar-refractivity contribution < 1.29 is 14.3 Å². The number of ether oxygens (including phenoxy) is 2. The predicted molar refractivity (Wildman–Crippen MR) is 111 cm³/mol. The summed E-state index contributed by atoms with van der Waals surface area (Å²) >= 11 is 0. The largest absolute Gasteiger partial charge is 0.497 e. The number of nitrogens with one attached hydrogen (secondary N) is 1. The molecule has 1 aliphatic rings. The van der Waals surface area contributed by atoms with Gasteiger partial charge < -0.3 is 14.8 Å². The van der Waals surface area contributed by atoms with Crippen LogP contribution in [0, 0.1) is 0 Å². The van der Waals surface area contributed by atoms with Crippen LogP contribution in [0.1, 0.15) is 36.4 Å². The summed E-state index contributed by atoms with van der Waals surface area (Å²) in [6, 6.07) is 16.2. The average Bonchev–Trinajstić information content (AvgIpc) is 3.27. The van der Waals surface area contributed by atoms with Gasteiger partial charge in [0, 0.05) is 13.0 Å². The van der Waals surface area contributed by atoms with E-state index < -0.39 is 0 Å². The Labute approximate surface area is 167 Å². The fourth-order valence-corrected chi connectivity index (χ4v) is 3.71. The molecule has 1 saturated heterocycles. The molecular weight excluding hydrogens is 352 g/mol. The van der Waals surface area contributed by atoms with Gasteiger partial charge in [-0.15, -0.1) is 0 Å². The fraction of sp³-hybridized carbons (Fsp3) is 0.435. The first-order valence-corrected chi connectivity index (χ1v) is 9.97. The van der Waals surface area contributed by atoms with Gasteiger partial charge in [0.1, 0.15) is 11.5 Å². The van der Waals surface area contributed by atoms with Crippen LogP contribution in [0.25, 0.3) is 0 Å². The number of aryl methyl sites for hydroxylation is 1. The molecule has 1 fully saturated rings. The van der Waals surface area contributed by atoms with E-state index in [1.807, 2.05) is 36.4 Å². The van der Waals surface area contributed by atoms with Crippen molar-refractivity contribution in [3.05, 3.63) is 59.7 Å². The van der Waals surface area contributed by atoms with E-state index in [9.17, 15) is 4.79 Å². The van der Waals surface area contributed by atoms with E-state index >= 15 is 0 Å². The van der Waals surface area contributed by atoms with Crippen molar-refractivity contribution in [3.8, 4) is 11.5 Å². The maximum Gasteiger partial charge on any atom is 0.220 e. The van der Waals surface area contributed by atoms with Gasteiger partial charge in [-0.2, -0.15) is 0 Å². The van der Waals surface area contributed by atoms with Crippen molar-refractivity contribution in [2.24, 2.45) is 0 Å². The first-order chi connectivity index (χ1) is 13.7. The molecule has 0 saturated carbocycles. The number of carbonyl (C=O) groups excluding carboxylic acids is 1. The molecule has 0 radical (unpaired) electrons. The van der Waals surface area contributed by atoms with Gasteiger partial charge in [-0.3, -0.25) is 9.69 Å². The predicted octanol–water partition coefficient (Wildman–Crippen LogP) is 3.59. The number of hydrogen-bond acceptors (Lipinski definition) is 4. The molecule has 5 heteroatoms. The van der Waals surface area contributed by atoms with E-state index in [1.54, 1.807) is 14.2 Å². The lowest BCUT2D eigenvalue weighted by atomic mass is 10.0. The molecule has 1 aliphatic heterocycles. The van der Waals surface area contributed by atoms with Gasteiger partial charge in [-0.1, -0.05) is 24.3 Å². The van der Waals surface area contributed by atoms with Gasteiger partial charge in [-0.05, 0) is 67.7 Å². The van der Waals surface area contributed by atoms with Gasteiger partial charge in [0.05, 0.1) is 20.3 Å². The summed E-state index contributed by atoms with van der Waals surface area (Å²) in [5, 5.41) is 3.14. The second-order valence-electron chi connectivity index (χ2n) is 7.19. The number of amides is 1.